The Morgan fingerprint density at radius 2 is 1.54 bits per heavy atom. The van der Waals surface area contributed by atoms with Crippen LogP contribution in [0.5, 0.6) is 0 Å². The monoisotopic (exact) mass is 679 g/mol. The Bertz CT molecular complexity index is 2360. The SMILES string of the molecule is C=CC1=NC(CC(=C)N(C)c2c(Nc3cccc(-c4ccccc4)c3)ccc3c2ccc2ccccc23)C(CCC(=C)/C=C(\C)O)c2ccccc21. The van der Waals surface area contributed by atoms with Gasteiger partial charge in [0, 0.05) is 41.7 Å². The number of allylic oxidation sites excluding steroid dienone is 4. The van der Waals surface area contributed by atoms with Crippen molar-refractivity contribution in [2.75, 3.05) is 17.3 Å². The minimum Gasteiger partial charge on any atom is -0.513 e. The van der Waals surface area contributed by atoms with Crippen LogP contribution in [-0.2, 0) is 0 Å². The van der Waals surface area contributed by atoms with Crippen LogP contribution in [0.4, 0.5) is 17.1 Å². The van der Waals surface area contributed by atoms with Gasteiger partial charge in [0.1, 0.15) is 0 Å². The molecule has 0 fully saturated rings. The van der Waals surface area contributed by atoms with Crippen LogP contribution in [0.1, 0.15) is 43.2 Å². The lowest BCUT2D eigenvalue weighted by Gasteiger charge is -2.34. The van der Waals surface area contributed by atoms with Crippen molar-refractivity contribution in [1.82, 2.24) is 0 Å². The molecule has 2 atom stereocenters. The normalized spacial score (nSPS) is 15.5. The Hall–Kier alpha value is -6.13. The maximum absolute atomic E-state index is 9.88. The number of rotatable bonds is 12. The lowest BCUT2D eigenvalue weighted by Crippen LogP contribution is -2.29. The number of hydrogen-bond donors (Lipinski definition) is 2. The lowest BCUT2D eigenvalue weighted by atomic mass is 9.79. The van der Waals surface area contributed by atoms with Crippen molar-refractivity contribution in [3.63, 3.8) is 0 Å². The highest BCUT2D eigenvalue weighted by atomic mass is 16.3. The Labute approximate surface area is 307 Å². The first-order chi connectivity index (χ1) is 25.3. The second kappa shape index (κ2) is 15.0. The highest BCUT2D eigenvalue weighted by Gasteiger charge is 2.31. The van der Waals surface area contributed by atoms with E-state index in [1.165, 1.54) is 27.3 Å². The predicted octanol–water partition coefficient (Wildman–Crippen LogP) is 12.7. The summed E-state index contributed by atoms with van der Waals surface area (Å²) < 4.78 is 0. The Balaban J connectivity index is 1.27. The van der Waals surface area contributed by atoms with Crippen molar-refractivity contribution in [2.24, 2.45) is 4.99 Å². The van der Waals surface area contributed by atoms with Crippen LogP contribution >= 0.6 is 0 Å². The molecule has 0 spiro atoms. The molecule has 1 aliphatic rings. The Kier molecular flexibility index (Phi) is 9.90. The van der Waals surface area contributed by atoms with Gasteiger partial charge in [0.2, 0.25) is 0 Å². The van der Waals surface area contributed by atoms with E-state index in [1.54, 1.807) is 13.0 Å². The van der Waals surface area contributed by atoms with Crippen molar-refractivity contribution < 1.29 is 5.11 Å². The third-order valence-electron chi connectivity index (χ3n) is 10.2. The summed E-state index contributed by atoms with van der Waals surface area (Å²) in [5, 5.41) is 18.4. The molecular formula is C48H45N3O. The zero-order chi connectivity index (χ0) is 36.2. The van der Waals surface area contributed by atoms with Crippen molar-refractivity contribution in [2.45, 2.75) is 38.1 Å². The molecule has 7 rings (SSSR count). The molecule has 2 unspecified atom stereocenters. The highest BCUT2D eigenvalue weighted by Crippen LogP contribution is 2.43. The number of fused-ring (bicyclic) bond motifs is 4. The van der Waals surface area contributed by atoms with Gasteiger partial charge >= 0.3 is 0 Å². The summed E-state index contributed by atoms with van der Waals surface area (Å²) in [7, 11) is 2.12. The summed E-state index contributed by atoms with van der Waals surface area (Å²) in [5.41, 5.74) is 10.6. The van der Waals surface area contributed by atoms with E-state index in [4.69, 9.17) is 11.6 Å². The minimum atomic E-state index is -0.0559. The molecule has 258 valence electrons. The maximum atomic E-state index is 9.88. The molecule has 0 saturated carbocycles. The third kappa shape index (κ3) is 7.06. The number of benzene rings is 6. The molecule has 0 radical (unpaired) electrons. The van der Waals surface area contributed by atoms with Crippen LogP contribution in [0.2, 0.25) is 0 Å². The summed E-state index contributed by atoms with van der Waals surface area (Å²) in [5.74, 6) is 0.413. The van der Waals surface area contributed by atoms with E-state index in [-0.39, 0.29) is 17.7 Å². The quantitative estimate of drug-likeness (QED) is 0.0769. The smallest absolute Gasteiger partial charge is 0.0894 e. The molecule has 4 nitrogen and oxygen atoms in total. The maximum Gasteiger partial charge on any atom is 0.0894 e. The second-order valence-corrected chi connectivity index (χ2v) is 13.7. The number of aliphatic hydroxyl groups excluding tert-OH is 1. The summed E-state index contributed by atoms with van der Waals surface area (Å²) in [4.78, 5) is 7.56. The van der Waals surface area contributed by atoms with Gasteiger partial charge in [-0.25, -0.2) is 0 Å². The van der Waals surface area contributed by atoms with Crippen molar-refractivity contribution in [3.05, 3.63) is 187 Å². The number of aliphatic imine (C=N–C) groups is 1. The average Bonchev–Trinajstić information content (AvgIpc) is 3.16. The number of anilines is 3. The van der Waals surface area contributed by atoms with Crippen molar-refractivity contribution in [1.29, 1.82) is 0 Å². The van der Waals surface area contributed by atoms with Gasteiger partial charge in [0.25, 0.3) is 0 Å². The first-order valence-electron chi connectivity index (χ1n) is 17.9. The van der Waals surface area contributed by atoms with E-state index in [0.717, 1.165) is 63.4 Å². The first kappa shape index (κ1) is 34.3. The number of nitrogens with zero attached hydrogens (tertiary/aromatic N) is 2. The fourth-order valence-corrected chi connectivity index (χ4v) is 7.64. The molecule has 1 aliphatic heterocycles. The standard InChI is InChI=1S/C48H45N3O/c1-6-45-42-22-13-12-21-40(42)43(25-23-32(2)29-34(4)52)47(50-45)30-33(3)51(5)48-44-26-24-36-17-10-11-20-39(36)41(44)27-28-46(48)49-38-19-14-18-37(31-38)35-15-8-7-9-16-35/h6-22,24,26-29,31,43,47,49,52H,1-3,23,25,30H2,4-5H3/b34-29+. The van der Waals surface area contributed by atoms with Crippen LogP contribution in [0.3, 0.4) is 0 Å². The zero-order valence-corrected chi connectivity index (χ0v) is 30.0. The fraction of sp³-hybridized carbons (Fsp3) is 0.146. The number of hydrogen-bond acceptors (Lipinski definition) is 4. The van der Waals surface area contributed by atoms with E-state index in [0.29, 0.717) is 6.42 Å². The molecule has 52 heavy (non-hydrogen) atoms. The molecule has 1 heterocycles. The topological polar surface area (TPSA) is 47.9 Å². The lowest BCUT2D eigenvalue weighted by molar-refractivity contribution is 0.413. The van der Waals surface area contributed by atoms with E-state index in [2.05, 4.69) is 152 Å². The molecule has 0 aliphatic carbocycles. The third-order valence-corrected chi connectivity index (χ3v) is 10.2. The van der Waals surface area contributed by atoms with Crippen LogP contribution < -0.4 is 10.2 Å². The summed E-state index contributed by atoms with van der Waals surface area (Å²) >= 11 is 0. The molecule has 0 amide bonds. The van der Waals surface area contributed by atoms with Crippen LogP contribution in [0, 0.1) is 0 Å². The largest absolute Gasteiger partial charge is 0.513 e. The molecule has 6 aromatic carbocycles. The van der Waals surface area contributed by atoms with Crippen LogP contribution in [0.15, 0.2) is 181 Å². The number of nitrogens with one attached hydrogen (secondary N) is 1. The van der Waals surface area contributed by atoms with Crippen LogP contribution in [0.25, 0.3) is 32.7 Å². The van der Waals surface area contributed by atoms with Gasteiger partial charge < -0.3 is 15.3 Å². The van der Waals surface area contributed by atoms with Gasteiger partial charge in [0.05, 0.1) is 28.9 Å². The molecule has 6 aromatic rings. The van der Waals surface area contributed by atoms with E-state index < -0.39 is 0 Å². The summed E-state index contributed by atoms with van der Waals surface area (Å²) in [6.45, 7) is 14.7. The van der Waals surface area contributed by atoms with Crippen molar-refractivity contribution >= 4 is 44.3 Å². The molecule has 4 heteroatoms. The average molecular weight is 680 g/mol. The second-order valence-electron chi connectivity index (χ2n) is 13.7. The molecule has 0 bridgehead atoms. The van der Waals surface area contributed by atoms with Crippen molar-refractivity contribution in [3.8, 4) is 11.1 Å². The van der Waals surface area contributed by atoms with Gasteiger partial charge in [-0.05, 0) is 83.0 Å². The van der Waals surface area contributed by atoms with Gasteiger partial charge in [0.15, 0.2) is 0 Å². The summed E-state index contributed by atoms with van der Waals surface area (Å²) in [6.07, 6.45) is 5.87. The van der Waals surface area contributed by atoms with Gasteiger partial charge in [-0.15, -0.1) is 0 Å². The highest BCUT2D eigenvalue weighted by molar-refractivity contribution is 6.14. The molecule has 0 saturated heterocycles. The first-order valence-corrected chi connectivity index (χ1v) is 17.9. The zero-order valence-electron chi connectivity index (χ0n) is 30.0. The van der Waals surface area contributed by atoms with Gasteiger partial charge in [-0.1, -0.05) is 135 Å². The number of aliphatic hydroxyl groups is 1. The molecule has 0 aromatic heterocycles. The van der Waals surface area contributed by atoms with Gasteiger partial charge in [-0.3, -0.25) is 4.99 Å². The Morgan fingerprint density at radius 3 is 2.35 bits per heavy atom. The van der Waals surface area contributed by atoms with E-state index >= 15 is 0 Å². The van der Waals surface area contributed by atoms with E-state index in [9.17, 15) is 5.11 Å². The van der Waals surface area contributed by atoms with Gasteiger partial charge in [-0.2, -0.15) is 0 Å². The summed E-state index contributed by atoms with van der Waals surface area (Å²) in [6, 6.07) is 44.9. The fourth-order valence-electron chi connectivity index (χ4n) is 7.64. The Morgan fingerprint density at radius 1 is 0.808 bits per heavy atom. The molecular weight excluding hydrogens is 635 g/mol. The predicted molar refractivity (Wildman–Crippen MR) is 223 cm³/mol. The van der Waals surface area contributed by atoms with Crippen LogP contribution in [-0.4, -0.2) is 23.9 Å². The minimum absolute atomic E-state index is 0.0559. The van der Waals surface area contributed by atoms with E-state index in [1.807, 2.05) is 12.1 Å². The molecule has 2 N–H and O–H groups in total.